The number of carbonyl (C=O) groups is 1. The maximum absolute atomic E-state index is 12.7. The number of ketones is 1. The van der Waals surface area contributed by atoms with Gasteiger partial charge in [-0.1, -0.05) is 27.7 Å². The highest BCUT2D eigenvalue weighted by molar-refractivity contribution is 7.20. The first-order chi connectivity index (χ1) is 10.4. The fourth-order valence-electron chi connectivity index (χ4n) is 3.01. The van der Waals surface area contributed by atoms with Gasteiger partial charge in [-0.05, 0) is 29.4 Å². The third-order valence-corrected chi connectivity index (χ3v) is 5.20. The number of fused-ring (bicyclic) bond motifs is 1. The average Bonchev–Trinajstić information content (AvgIpc) is 3.01. The van der Waals surface area contributed by atoms with Crippen LogP contribution < -0.4 is 5.32 Å². The lowest BCUT2D eigenvalue weighted by molar-refractivity contribution is 0.0914. The highest BCUT2D eigenvalue weighted by atomic mass is 32.1. The minimum atomic E-state index is 0.0194. The Labute approximate surface area is 135 Å². The Morgan fingerprint density at radius 1 is 1.41 bits per heavy atom. The lowest BCUT2D eigenvalue weighted by Gasteiger charge is -2.29. The summed E-state index contributed by atoms with van der Waals surface area (Å²) >= 11 is 1.67. The molecule has 22 heavy (non-hydrogen) atoms. The van der Waals surface area contributed by atoms with E-state index in [1.54, 1.807) is 11.3 Å². The van der Waals surface area contributed by atoms with Crippen molar-refractivity contribution in [2.75, 3.05) is 11.9 Å². The molecule has 0 saturated heterocycles. The van der Waals surface area contributed by atoms with Gasteiger partial charge in [-0.3, -0.25) is 9.89 Å². The molecule has 2 aromatic heterocycles. The van der Waals surface area contributed by atoms with Gasteiger partial charge in [0.2, 0.25) is 0 Å². The summed E-state index contributed by atoms with van der Waals surface area (Å²) in [7, 11) is 0. The minimum absolute atomic E-state index is 0.0194. The van der Waals surface area contributed by atoms with Crippen molar-refractivity contribution in [3.8, 4) is 10.6 Å². The van der Waals surface area contributed by atoms with Crippen LogP contribution >= 0.6 is 11.3 Å². The van der Waals surface area contributed by atoms with Crippen molar-refractivity contribution in [1.29, 1.82) is 0 Å². The molecular formula is C17H23N3OS. The second-order valence-corrected chi connectivity index (χ2v) is 8.31. The number of anilines is 1. The molecule has 1 aliphatic carbocycles. The Hall–Kier alpha value is -1.62. The highest BCUT2D eigenvalue weighted by Gasteiger charge is 2.36. The van der Waals surface area contributed by atoms with Crippen LogP contribution in [-0.4, -0.2) is 22.5 Å². The number of rotatable bonds is 4. The maximum atomic E-state index is 12.7. The van der Waals surface area contributed by atoms with Gasteiger partial charge >= 0.3 is 0 Å². The maximum Gasteiger partial charge on any atom is 0.166 e. The monoisotopic (exact) mass is 317 g/mol. The third-order valence-electron chi connectivity index (χ3n) is 3.98. The second-order valence-electron chi connectivity index (χ2n) is 7.29. The molecule has 0 radical (unpaired) electrons. The fourth-order valence-corrected chi connectivity index (χ4v) is 4.22. The number of carbonyl (C=O) groups excluding carboxylic acids is 1. The van der Waals surface area contributed by atoms with Gasteiger partial charge in [-0.25, -0.2) is 0 Å². The average molecular weight is 317 g/mol. The molecule has 118 valence electrons. The Balaban J connectivity index is 2.08. The van der Waals surface area contributed by atoms with Crippen LogP contribution in [0, 0.1) is 11.3 Å². The van der Waals surface area contributed by atoms with Crippen LogP contribution in [0.4, 0.5) is 5.00 Å². The number of hydrogen-bond acceptors (Lipinski definition) is 4. The smallest absolute Gasteiger partial charge is 0.166 e. The molecule has 4 nitrogen and oxygen atoms in total. The number of Topliss-reactive ketones (excluding diaryl/α,β-unsaturated/α-hetero) is 1. The number of aromatic amines is 1. The van der Waals surface area contributed by atoms with Crippen LogP contribution in [0.15, 0.2) is 12.3 Å². The zero-order chi connectivity index (χ0) is 15.9. The molecule has 0 saturated carbocycles. The van der Waals surface area contributed by atoms with Gasteiger partial charge in [-0.15, -0.1) is 11.3 Å². The van der Waals surface area contributed by atoms with Gasteiger partial charge in [0, 0.05) is 19.2 Å². The number of nitrogens with zero attached hydrogens (tertiary/aromatic N) is 1. The molecule has 0 spiro atoms. The Morgan fingerprint density at radius 2 is 2.18 bits per heavy atom. The lowest BCUT2D eigenvalue weighted by atomic mass is 9.74. The van der Waals surface area contributed by atoms with Crippen LogP contribution in [0.2, 0.25) is 0 Å². The van der Waals surface area contributed by atoms with Gasteiger partial charge in [0.1, 0.15) is 10.7 Å². The van der Waals surface area contributed by atoms with Gasteiger partial charge in [0.25, 0.3) is 0 Å². The molecular weight excluding hydrogens is 294 g/mol. The summed E-state index contributed by atoms with van der Waals surface area (Å²) in [4.78, 5) is 13.8. The van der Waals surface area contributed by atoms with E-state index in [0.717, 1.165) is 34.1 Å². The molecule has 3 rings (SSSR count). The van der Waals surface area contributed by atoms with E-state index in [1.165, 1.54) is 5.56 Å². The summed E-state index contributed by atoms with van der Waals surface area (Å²) in [5, 5.41) is 11.7. The molecule has 1 aliphatic rings. The zero-order valence-corrected chi connectivity index (χ0v) is 14.4. The van der Waals surface area contributed by atoms with Crippen LogP contribution in [0.25, 0.3) is 10.6 Å². The summed E-state index contributed by atoms with van der Waals surface area (Å²) in [5.41, 5.74) is 3.03. The summed E-state index contributed by atoms with van der Waals surface area (Å²) in [6, 6.07) is 1.98. The van der Waals surface area contributed by atoms with Gasteiger partial charge < -0.3 is 5.32 Å². The first kappa shape index (κ1) is 15.3. The predicted molar refractivity (Wildman–Crippen MR) is 91.7 cm³/mol. The molecule has 0 unspecified atom stereocenters. The largest absolute Gasteiger partial charge is 0.376 e. The van der Waals surface area contributed by atoms with E-state index >= 15 is 0 Å². The normalized spacial score (nSPS) is 16.9. The van der Waals surface area contributed by atoms with Crippen LogP contribution in [0.1, 0.15) is 50.0 Å². The molecule has 0 atom stereocenters. The summed E-state index contributed by atoms with van der Waals surface area (Å²) < 4.78 is 0. The molecule has 2 heterocycles. The summed E-state index contributed by atoms with van der Waals surface area (Å²) in [5.74, 6) is 0.803. The van der Waals surface area contributed by atoms with Crippen molar-refractivity contribution in [3.05, 3.63) is 23.4 Å². The number of H-pyrrole nitrogens is 1. The van der Waals surface area contributed by atoms with Crippen molar-refractivity contribution >= 4 is 22.1 Å². The van der Waals surface area contributed by atoms with Crippen LogP contribution in [0.5, 0.6) is 0 Å². The lowest BCUT2D eigenvalue weighted by Crippen LogP contribution is -2.27. The van der Waals surface area contributed by atoms with Crippen LogP contribution in [-0.2, 0) is 6.42 Å². The van der Waals surface area contributed by atoms with Crippen molar-refractivity contribution in [3.63, 3.8) is 0 Å². The molecule has 0 aliphatic heterocycles. The Morgan fingerprint density at radius 3 is 2.82 bits per heavy atom. The van der Waals surface area contributed by atoms with Crippen molar-refractivity contribution in [1.82, 2.24) is 10.2 Å². The number of thiophene rings is 1. The summed E-state index contributed by atoms with van der Waals surface area (Å²) in [6.45, 7) is 9.56. The van der Waals surface area contributed by atoms with Crippen molar-refractivity contribution < 1.29 is 4.79 Å². The fraction of sp³-hybridized carbons (Fsp3) is 0.529. The van der Waals surface area contributed by atoms with Gasteiger partial charge in [0.05, 0.1) is 10.4 Å². The number of hydrogen-bond donors (Lipinski definition) is 2. The third kappa shape index (κ3) is 2.82. The topological polar surface area (TPSA) is 57.8 Å². The van der Waals surface area contributed by atoms with E-state index in [1.807, 2.05) is 12.3 Å². The quantitative estimate of drug-likeness (QED) is 0.881. The molecule has 2 N–H and O–H groups in total. The Bertz CT molecular complexity index is 683. The van der Waals surface area contributed by atoms with E-state index in [0.29, 0.717) is 12.3 Å². The molecule has 0 aromatic carbocycles. The number of nitrogens with one attached hydrogen (secondary N) is 2. The minimum Gasteiger partial charge on any atom is -0.376 e. The van der Waals surface area contributed by atoms with Crippen molar-refractivity contribution in [2.45, 2.75) is 40.5 Å². The SMILES string of the molecule is CC(C)CNc1sc(-c2cc[nH]n2)c2c1C(=O)CC(C)(C)C2. The standard InChI is InChI=1S/C17H23N3OS/c1-10(2)9-18-16-14-11(7-17(3,4)8-13(14)21)15(22-16)12-5-6-19-20-12/h5-6,10,18H,7-9H2,1-4H3,(H,19,20). The molecule has 0 amide bonds. The number of aromatic nitrogens is 2. The van der Waals surface area contributed by atoms with Crippen molar-refractivity contribution in [2.24, 2.45) is 11.3 Å². The Kier molecular flexibility index (Phi) is 3.85. The highest BCUT2D eigenvalue weighted by Crippen LogP contribution is 2.47. The first-order valence-electron chi connectivity index (χ1n) is 7.80. The molecule has 0 bridgehead atoms. The van der Waals surface area contributed by atoms with E-state index in [-0.39, 0.29) is 11.2 Å². The van der Waals surface area contributed by atoms with Gasteiger partial charge in [0.15, 0.2) is 5.78 Å². The van der Waals surface area contributed by atoms with E-state index in [9.17, 15) is 4.79 Å². The predicted octanol–water partition coefficient (Wildman–Crippen LogP) is 4.36. The summed E-state index contributed by atoms with van der Waals surface area (Å²) in [6.07, 6.45) is 3.38. The van der Waals surface area contributed by atoms with E-state index in [4.69, 9.17) is 0 Å². The zero-order valence-electron chi connectivity index (χ0n) is 13.6. The first-order valence-corrected chi connectivity index (χ1v) is 8.62. The molecule has 5 heteroatoms. The van der Waals surface area contributed by atoms with Crippen LogP contribution in [0.3, 0.4) is 0 Å². The second kappa shape index (κ2) is 5.54. The molecule has 0 fully saturated rings. The van der Waals surface area contributed by atoms with E-state index < -0.39 is 0 Å². The molecule has 2 aromatic rings. The van der Waals surface area contributed by atoms with E-state index in [2.05, 4.69) is 43.2 Å². The van der Waals surface area contributed by atoms with Gasteiger partial charge in [-0.2, -0.15) is 5.10 Å².